The molecule has 0 saturated carbocycles. The third kappa shape index (κ3) is 3.78. The Balaban J connectivity index is 2.06. The standard InChI is InChI=1S/C19H27N3O3S/c1-13(2)22-18(25)15(16(23)14-7-12-26-19(14)22)17(24)20-8-6-11-21-9-4-3-5-10-21/h7,12-13,23H,3-6,8-11H2,1-2H3,(H,20,24)/i1D3,2D3,3D2,4D2,5D2,9D2,10D2,12D,13D/hD. The van der Waals surface area contributed by atoms with Crippen molar-refractivity contribution in [1.82, 2.24) is 14.8 Å². The van der Waals surface area contributed by atoms with E-state index < -0.39 is 110 Å². The molecular formula is C19H27N3O3S. The van der Waals surface area contributed by atoms with Gasteiger partial charge in [-0.3, -0.25) is 14.2 Å². The van der Waals surface area contributed by atoms with Crippen molar-refractivity contribution in [2.75, 3.05) is 26.1 Å². The van der Waals surface area contributed by atoms with Gasteiger partial charge in [-0.1, -0.05) is 6.37 Å². The third-order valence-corrected chi connectivity index (χ3v) is 4.27. The molecule has 3 rings (SSSR count). The number of likely N-dealkylation sites (tertiary alicyclic amines) is 1. The summed E-state index contributed by atoms with van der Waals surface area (Å²) in [5.41, 5.74) is -3.14. The highest BCUT2D eigenvalue weighted by Crippen LogP contribution is 2.31. The van der Waals surface area contributed by atoms with Crippen molar-refractivity contribution in [2.45, 2.75) is 45.3 Å². The predicted molar refractivity (Wildman–Crippen MR) is 105 cm³/mol. The highest BCUT2D eigenvalue weighted by molar-refractivity contribution is 7.16. The van der Waals surface area contributed by atoms with E-state index in [0.717, 1.165) is 6.07 Å². The minimum Gasteiger partial charge on any atom is -0.506 e. The molecule has 3 heterocycles. The SMILES string of the molecule is [2H]c1cc2c(O)c(C(=O)N([2H])CCCN3C([2H])([2H])C([2H])([2H])C([2H])([2H])C([2H])([2H])C3([2H])[2H])c(=O)n(C([2H])(C([2H])([2H])[2H])C([2H])([2H])[2H])c2s1. The summed E-state index contributed by atoms with van der Waals surface area (Å²) >= 11 is 0.337. The van der Waals surface area contributed by atoms with Crippen LogP contribution in [0.1, 0.15) is 80.3 Å². The van der Waals surface area contributed by atoms with Crippen LogP contribution in [-0.4, -0.2) is 46.6 Å². The molecule has 1 amide bonds. The Hall–Kier alpha value is -1.86. The molecule has 1 fully saturated rings. The van der Waals surface area contributed by atoms with E-state index in [-0.39, 0.29) is 14.8 Å². The Kier molecular flexibility index (Phi) is 2.01. The van der Waals surface area contributed by atoms with E-state index in [1.807, 2.05) is 0 Å². The molecular weight excluding hydrogens is 350 g/mol. The van der Waals surface area contributed by atoms with Crippen molar-refractivity contribution < 1.29 is 36.0 Å². The molecule has 26 heavy (non-hydrogen) atoms. The van der Waals surface area contributed by atoms with E-state index in [4.69, 9.17) is 26.1 Å². The highest BCUT2D eigenvalue weighted by Gasteiger charge is 2.23. The monoisotopic (exact) mass is 396 g/mol. The van der Waals surface area contributed by atoms with Gasteiger partial charge in [0.15, 0.2) is 1.41 Å². The number of nitrogens with zero attached hydrogens (tertiary/aromatic N) is 2. The number of rotatable bonds is 6. The zero-order valence-electron chi connectivity index (χ0n) is 32.2. The fraction of sp³-hybridized carbons (Fsp3) is 0.579. The largest absolute Gasteiger partial charge is 0.506 e. The number of thiophene rings is 1. The number of fused-ring (bicyclic) bond motifs is 1. The summed E-state index contributed by atoms with van der Waals surface area (Å²) in [6.45, 7) is -16.2. The van der Waals surface area contributed by atoms with Crippen LogP contribution in [0.3, 0.4) is 0 Å². The van der Waals surface area contributed by atoms with Crippen molar-refractivity contribution >= 4 is 27.5 Å². The molecule has 2 aromatic rings. The topological polar surface area (TPSA) is 74.6 Å². The smallest absolute Gasteiger partial charge is 0.268 e. The minimum atomic E-state index is -3.74. The van der Waals surface area contributed by atoms with E-state index in [2.05, 4.69) is 0 Å². The number of amides is 1. The van der Waals surface area contributed by atoms with Gasteiger partial charge in [0.25, 0.3) is 11.5 Å². The number of carbonyl (C=O) groups excluding carboxylic acids is 1. The Morgan fingerprint density at radius 1 is 1.54 bits per heavy atom. The number of pyridine rings is 1. The van der Waals surface area contributed by atoms with Crippen LogP contribution >= 0.6 is 11.3 Å². The number of piperidine rings is 1. The van der Waals surface area contributed by atoms with Gasteiger partial charge in [0.2, 0.25) is 0 Å². The normalized spacial score (nSPS) is 37.5. The van der Waals surface area contributed by atoms with Gasteiger partial charge in [0.05, 0.1) is 8.13 Å². The molecule has 1 aliphatic rings. The molecule has 2 N–H and O–H groups in total. The molecule has 0 spiro atoms. The molecule has 0 atom stereocenters. The Morgan fingerprint density at radius 3 is 3.04 bits per heavy atom. The first-order valence-corrected chi connectivity index (χ1v) is 8.16. The first-order chi connectivity index (χ1) is 19.9. The van der Waals surface area contributed by atoms with Crippen LogP contribution in [-0.2, 0) is 0 Å². The van der Waals surface area contributed by atoms with Crippen LogP contribution in [0.5, 0.6) is 5.75 Å². The van der Waals surface area contributed by atoms with Crippen LogP contribution in [0.15, 0.2) is 16.2 Å². The summed E-state index contributed by atoms with van der Waals surface area (Å²) in [5.74, 6) is -2.83. The van der Waals surface area contributed by atoms with Crippen molar-refractivity contribution in [1.29, 1.82) is 0 Å². The average Bonchev–Trinajstić information content (AvgIpc) is 3.24. The lowest BCUT2D eigenvalue weighted by atomic mass is 10.1. The Bertz CT molecular complexity index is 1520. The van der Waals surface area contributed by atoms with Gasteiger partial charge in [-0.2, -0.15) is 0 Å². The fourth-order valence-electron chi connectivity index (χ4n) is 2.28. The van der Waals surface area contributed by atoms with Gasteiger partial charge in [-0.05, 0) is 63.8 Å². The number of aromatic hydroxyl groups is 1. The quantitative estimate of drug-likeness (QED) is 0.787. The van der Waals surface area contributed by atoms with Crippen molar-refractivity contribution in [3.63, 3.8) is 0 Å². The van der Waals surface area contributed by atoms with E-state index in [9.17, 15) is 14.7 Å². The van der Waals surface area contributed by atoms with Gasteiger partial charge in [-0.25, -0.2) is 0 Å². The Labute approximate surface area is 184 Å². The van der Waals surface area contributed by atoms with Crippen molar-refractivity contribution in [2.24, 2.45) is 0 Å². The highest BCUT2D eigenvalue weighted by atomic mass is 32.1. The third-order valence-electron chi connectivity index (χ3n) is 3.44. The lowest BCUT2D eigenvalue weighted by Gasteiger charge is -2.26. The minimum absolute atomic E-state index is 0.0193. The van der Waals surface area contributed by atoms with E-state index in [1.165, 1.54) is 0 Å². The average molecular weight is 397 g/mol. The molecule has 6 nitrogen and oxygen atoms in total. The van der Waals surface area contributed by atoms with E-state index >= 15 is 0 Å². The summed E-state index contributed by atoms with van der Waals surface area (Å²) in [5, 5.41) is 9.82. The molecule has 1 saturated heterocycles. The van der Waals surface area contributed by atoms with Crippen molar-refractivity contribution in [3.8, 4) is 5.75 Å². The van der Waals surface area contributed by atoms with E-state index in [1.54, 1.807) is 0 Å². The molecule has 1 aliphatic heterocycles. The first kappa shape index (κ1) is 6.34. The molecule has 142 valence electrons. The number of aromatic nitrogens is 1. The second kappa shape index (κ2) is 8.22. The van der Waals surface area contributed by atoms with Crippen LogP contribution in [0.2, 0.25) is 1.41 Å². The summed E-state index contributed by atoms with van der Waals surface area (Å²) in [7, 11) is 0. The van der Waals surface area contributed by atoms with Gasteiger partial charge in [-0.15, -0.1) is 11.3 Å². The first-order valence-electron chi connectivity index (χ1n) is 16.8. The van der Waals surface area contributed by atoms with Crippen molar-refractivity contribution in [3.05, 3.63) is 27.3 Å². The number of carbonyl (C=O) groups is 1. The van der Waals surface area contributed by atoms with Crippen LogP contribution in [0.4, 0.5) is 0 Å². The zero-order chi connectivity index (χ0) is 35.3. The summed E-state index contributed by atoms with van der Waals surface area (Å²) < 4.78 is 151. The van der Waals surface area contributed by atoms with Crippen LogP contribution in [0.25, 0.3) is 10.2 Å². The zero-order valence-corrected chi connectivity index (χ0v) is 14.0. The summed E-state index contributed by atoms with van der Waals surface area (Å²) in [6, 6.07) is -2.87. The fourth-order valence-corrected chi connectivity index (χ4v) is 3.10. The molecule has 0 aliphatic carbocycles. The van der Waals surface area contributed by atoms with Gasteiger partial charge in [0, 0.05) is 34.5 Å². The molecule has 0 aromatic carbocycles. The molecule has 0 radical (unpaired) electrons. The second-order valence-corrected chi connectivity index (χ2v) is 5.91. The summed E-state index contributed by atoms with van der Waals surface area (Å²) in [6.07, 6.45) is -11.5. The predicted octanol–water partition coefficient (Wildman–Crippen LogP) is 2.96. The van der Waals surface area contributed by atoms with Crippen LogP contribution < -0.4 is 10.9 Å². The molecule has 7 heteroatoms. The number of hydrogen-bond donors (Lipinski definition) is 2. The maximum absolute atomic E-state index is 13.6. The lowest BCUT2D eigenvalue weighted by molar-refractivity contribution is 0.0946. The molecule has 2 aromatic heterocycles. The lowest BCUT2D eigenvalue weighted by Crippen LogP contribution is -2.36. The van der Waals surface area contributed by atoms with Gasteiger partial charge < -0.3 is 15.3 Å². The van der Waals surface area contributed by atoms with E-state index in [0.29, 0.717) is 11.3 Å². The summed E-state index contributed by atoms with van der Waals surface area (Å²) in [4.78, 5) is 26.3. The molecule has 0 bridgehead atoms. The maximum atomic E-state index is 13.6. The maximum Gasteiger partial charge on any atom is 0.268 e. The number of nitrogens with one attached hydrogen (secondary N) is 1. The Morgan fingerprint density at radius 2 is 2.31 bits per heavy atom. The van der Waals surface area contributed by atoms with Gasteiger partial charge in [0.1, 0.15) is 16.1 Å². The number of hydrogen-bond acceptors (Lipinski definition) is 5. The second-order valence-electron chi connectivity index (χ2n) is 5.09. The van der Waals surface area contributed by atoms with Crippen LogP contribution in [0, 0.1) is 0 Å². The molecule has 0 unspecified atom stereocenters. The van der Waals surface area contributed by atoms with Gasteiger partial charge >= 0.3 is 0 Å².